The van der Waals surface area contributed by atoms with Gasteiger partial charge in [-0.15, -0.1) is 0 Å². The van der Waals surface area contributed by atoms with Crippen molar-refractivity contribution in [1.29, 1.82) is 0 Å². The Morgan fingerprint density at radius 3 is 2.80 bits per heavy atom. The molecule has 2 fully saturated rings. The molecule has 0 spiro atoms. The van der Waals surface area contributed by atoms with E-state index < -0.39 is 18.9 Å². The number of halogens is 3. The van der Waals surface area contributed by atoms with Crippen molar-refractivity contribution >= 4 is 5.91 Å². The van der Waals surface area contributed by atoms with Crippen LogP contribution in [0.2, 0.25) is 0 Å². The maximum atomic E-state index is 12.2. The number of rotatable bonds is 3. The zero-order chi connectivity index (χ0) is 14.8. The maximum Gasteiger partial charge on any atom is 0.411 e. The lowest BCUT2D eigenvalue weighted by Gasteiger charge is -2.44. The lowest BCUT2D eigenvalue weighted by atomic mass is 9.90. The van der Waals surface area contributed by atoms with Crippen LogP contribution in [0.25, 0.3) is 0 Å². The fourth-order valence-electron chi connectivity index (χ4n) is 2.89. The molecule has 0 N–H and O–H groups in total. The van der Waals surface area contributed by atoms with Gasteiger partial charge in [-0.25, -0.2) is 0 Å². The lowest BCUT2D eigenvalue weighted by Crippen LogP contribution is -2.57. The standard InChI is InChI=1S/C13H20F3NO3/c1-9(20-8-13(14,15)16)12(18)17-6-7-19-11-5-3-2-4-10(11)17/h9-11H,2-8H2,1H3. The zero-order valence-electron chi connectivity index (χ0n) is 11.5. The first-order chi connectivity index (χ1) is 9.38. The van der Waals surface area contributed by atoms with Crippen LogP contribution in [0.3, 0.4) is 0 Å². The lowest BCUT2D eigenvalue weighted by molar-refractivity contribution is -0.192. The van der Waals surface area contributed by atoms with Crippen LogP contribution in [0.5, 0.6) is 0 Å². The van der Waals surface area contributed by atoms with Gasteiger partial charge in [0.2, 0.25) is 0 Å². The van der Waals surface area contributed by atoms with Gasteiger partial charge in [0.05, 0.1) is 18.8 Å². The minimum atomic E-state index is -4.41. The number of amides is 1. The summed E-state index contributed by atoms with van der Waals surface area (Å²) in [6, 6.07) is -0.0121. The zero-order valence-corrected chi connectivity index (χ0v) is 11.5. The van der Waals surface area contributed by atoms with E-state index in [1.54, 1.807) is 4.90 Å². The van der Waals surface area contributed by atoms with Crippen molar-refractivity contribution in [2.45, 2.75) is 57.0 Å². The van der Waals surface area contributed by atoms with E-state index in [0.717, 1.165) is 25.7 Å². The minimum absolute atomic E-state index is 0.0121. The van der Waals surface area contributed by atoms with Gasteiger partial charge in [-0.2, -0.15) is 13.2 Å². The summed E-state index contributed by atoms with van der Waals surface area (Å²) in [5.41, 5.74) is 0. The van der Waals surface area contributed by atoms with E-state index >= 15 is 0 Å². The summed E-state index contributed by atoms with van der Waals surface area (Å²) in [7, 11) is 0. The third kappa shape index (κ3) is 3.85. The molecule has 0 aromatic rings. The molecule has 0 aromatic heterocycles. The average Bonchev–Trinajstić information content (AvgIpc) is 2.42. The van der Waals surface area contributed by atoms with Gasteiger partial charge in [0.25, 0.3) is 5.91 Å². The van der Waals surface area contributed by atoms with E-state index in [2.05, 4.69) is 4.74 Å². The Labute approximate surface area is 116 Å². The molecule has 20 heavy (non-hydrogen) atoms. The van der Waals surface area contributed by atoms with Crippen LogP contribution < -0.4 is 0 Å². The molecule has 116 valence electrons. The number of hydrogen-bond acceptors (Lipinski definition) is 3. The molecule has 3 atom stereocenters. The van der Waals surface area contributed by atoms with Crippen LogP contribution in [0, 0.1) is 0 Å². The molecule has 0 bridgehead atoms. The van der Waals surface area contributed by atoms with Gasteiger partial charge in [0, 0.05) is 6.54 Å². The number of carbonyl (C=O) groups is 1. The SMILES string of the molecule is CC(OCC(F)(F)F)C(=O)N1CCOC2CCCCC21. The number of fused-ring (bicyclic) bond motifs is 1. The predicted octanol–water partition coefficient (Wildman–Crippen LogP) is 2.12. The fraction of sp³-hybridized carbons (Fsp3) is 0.923. The molecule has 1 saturated heterocycles. The highest BCUT2D eigenvalue weighted by Crippen LogP contribution is 2.29. The topological polar surface area (TPSA) is 38.8 Å². The van der Waals surface area contributed by atoms with Crippen molar-refractivity contribution in [3.05, 3.63) is 0 Å². The summed E-state index contributed by atoms with van der Waals surface area (Å²) >= 11 is 0. The number of morpholine rings is 1. The second-order valence-corrected chi connectivity index (χ2v) is 5.36. The van der Waals surface area contributed by atoms with Crippen molar-refractivity contribution in [1.82, 2.24) is 4.90 Å². The van der Waals surface area contributed by atoms with Crippen molar-refractivity contribution in [2.24, 2.45) is 0 Å². The van der Waals surface area contributed by atoms with Gasteiger partial charge in [0.15, 0.2) is 0 Å². The third-order valence-electron chi connectivity index (χ3n) is 3.86. The van der Waals surface area contributed by atoms with Gasteiger partial charge in [-0.3, -0.25) is 4.79 Å². The molecule has 7 heteroatoms. The molecule has 2 rings (SSSR count). The normalized spacial score (nSPS) is 28.9. The smallest absolute Gasteiger partial charge is 0.374 e. The Morgan fingerprint density at radius 1 is 1.40 bits per heavy atom. The summed E-state index contributed by atoms with van der Waals surface area (Å²) in [6.45, 7) is 0.859. The van der Waals surface area contributed by atoms with Crippen molar-refractivity contribution < 1.29 is 27.4 Å². The molecule has 2 aliphatic rings. The van der Waals surface area contributed by atoms with Gasteiger partial charge in [-0.05, 0) is 19.8 Å². The first-order valence-corrected chi connectivity index (χ1v) is 6.99. The quantitative estimate of drug-likeness (QED) is 0.800. The molecular formula is C13H20F3NO3. The van der Waals surface area contributed by atoms with Crippen LogP contribution in [0.1, 0.15) is 32.6 Å². The number of carbonyl (C=O) groups excluding carboxylic acids is 1. The van der Waals surface area contributed by atoms with Gasteiger partial charge >= 0.3 is 6.18 Å². The molecule has 1 amide bonds. The van der Waals surface area contributed by atoms with Crippen LogP contribution in [0.4, 0.5) is 13.2 Å². The third-order valence-corrected chi connectivity index (χ3v) is 3.86. The van der Waals surface area contributed by atoms with Crippen molar-refractivity contribution in [3.8, 4) is 0 Å². The van der Waals surface area contributed by atoms with E-state index in [1.165, 1.54) is 6.92 Å². The summed E-state index contributed by atoms with van der Waals surface area (Å²) < 4.78 is 46.6. The van der Waals surface area contributed by atoms with Gasteiger partial charge in [-0.1, -0.05) is 12.8 Å². The summed E-state index contributed by atoms with van der Waals surface area (Å²) in [4.78, 5) is 13.9. The number of ether oxygens (including phenoxy) is 2. The molecule has 4 nitrogen and oxygen atoms in total. The highest BCUT2D eigenvalue weighted by atomic mass is 19.4. The van der Waals surface area contributed by atoms with Crippen LogP contribution in [-0.4, -0.2) is 55.0 Å². The summed E-state index contributed by atoms with van der Waals surface area (Å²) in [5, 5.41) is 0. The first-order valence-electron chi connectivity index (χ1n) is 6.99. The number of alkyl halides is 3. The van der Waals surface area contributed by atoms with Crippen LogP contribution in [0.15, 0.2) is 0 Å². The summed E-state index contributed by atoms with van der Waals surface area (Å²) in [5.74, 6) is -0.366. The number of hydrogen-bond donors (Lipinski definition) is 0. The molecule has 1 saturated carbocycles. The molecule has 1 heterocycles. The monoisotopic (exact) mass is 295 g/mol. The average molecular weight is 295 g/mol. The largest absolute Gasteiger partial charge is 0.411 e. The molecule has 0 aromatic carbocycles. The highest BCUT2D eigenvalue weighted by molar-refractivity contribution is 5.81. The Kier molecular flexibility index (Phi) is 4.90. The fourth-order valence-corrected chi connectivity index (χ4v) is 2.89. The molecule has 0 radical (unpaired) electrons. The maximum absolute atomic E-state index is 12.2. The first kappa shape index (κ1) is 15.6. The predicted molar refractivity (Wildman–Crippen MR) is 65.2 cm³/mol. The van der Waals surface area contributed by atoms with Gasteiger partial charge < -0.3 is 14.4 Å². The molecule has 1 aliphatic heterocycles. The minimum Gasteiger partial charge on any atom is -0.374 e. The van der Waals surface area contributed by atoms with Crippen molar-refractivity contribution in [2.75, 3.05) is 19.8 Å². The van der Waals surface area contributed by atoms with Crippen molar-refractivity contribution in [3.63, 3.8) is 0 Å². The molecular weight excluding hydrogens is 275 g/mol. The second-order valence-electron chi connectivity index (χ2n) is 5.36. The number of nitrogens with zero attached hydrogens (tertiary/aromatic N) is 1. The van der Waals surface area contributed by atoms with E-state index in [4.69, 9.17) is 4.74 Å². The Bertz CT molecular complexity index is 346. The summed E-state index contributed by atoms with van der Waals surface area (Å²) in [6.07, 6.45) is -1.61. The van der Waals surface area contributed by atoms with E-state index in [1.807, 2.05) is 0 Å². The highest BCUT2D eigenvalue weighted by Gasteiger charge is 2.39. The van der Waals surface area contributed by atoms with Gasteiger partial charge in [0.1, 0.15) is 12.7 Å². The second kappa shape index (κ2) is 6.30. The Hall–Kier alpha value is -0.820. The Balaban J connectivity index is 1.93. The van der Waals surface area contributed by atoms with E-state index in [0.29, 0.717) is 13.2 Å². The van der Waals surface area contributed by atoms with E-state index in [9.17, 15) is 18.0 Å². The van der Waals surface area contributed by atoms with Crippen LogP contribution in [-0.2, 0) is 14.3 Å². The Morgan fingerprint density at radius 2 is 2.10 bits per heavy atom. The van der Waals surface area contributed by atoms with E-state index in [-0.39, 0.29) is 18.1 Å². The molecule has 3 unspecified atom stereocenters. The molecule has 1 aliphatic carbocycles. The van der Waals surface area contributed by atoms with Crippen LogP contribution >= 0.6 is 0 Å².